The van der Waals surface area contributed by atoms with Gasteiger partial charge < -0.3 is 14.4 Å². The van der Waals surface area contributed by atoms with E-state index in [0.717, 1.165) is 36.6 Å². The number of aryl methyl sites for hydroxylation is 1. The van der Waals surface area contributed by atoms with Crippen LogP contribution in [0.4, 0.5) is 15.3 Å². The zero-order valence-corrected chi connectivity index (χ0v) is 27.9. The van der Waals surface area contributed by atoms with Gasteiger partial charge in [-0.25, -0.2) is 22.7 Å². The van der Waals surface area contributed by atoms with E-state index >= 15 is 0 Å². The number of methoxy groups -OCH3 is 1. The van der Waals surface area contributed by atoms with E-state index in [2.05, 4.69) is 10.0 Å². The second kappa shape index (κ2) is 14.3. The molecule has 2 N–H and O–H groups in total. The standard InChI is InChI=1S/C35H40N4O7S/c1-5-38(6-2)35(42)39-22-26(29-21-27(17-18-30(29)39)36-34(41)46-28-12-8-9-13-28)19-24-15-16-25(20-31(24)45-4)33(40)37-47(43,44)32-14-10-7-11-23(32)3/h7,10-11,14-18,20-22,28H,5-6,8-9,12-13,19H2,1-4H3,(H,36,41)(H,37,40). The Hall–Kier alpha value is -4.84. The molecule has 1 aliphatic carbocycles. The summed E-state index contributed by atoms with van der Waals surface area (Å²) in [4.78, 5) is 40.9. The first-order valence-electron chi connectivity index (χ1n) is 15.7. The minimum atomic E-state index is -4.10. The van der Waals surface area contributed by atoms with Gasteiger partial charge in [0.05, 0.1) is 17.5 Å². The lowest BCUT2D eigenvalue weighted by Gasteiger charge is -2.19. The van der Waals surface area contributed by atoms with Gasteiger partial charge >= 0.3 is 12.1 Å². The fourth-order valence-corrected chi connectivity index (χ4v) is 7.18. The van der Waals surface area contributed by atoms with E-state index in [1.54, 1.807) is 59.0 Å². The molecule has 1 saturated carbocycles. The van der Waals surface area contributed by atoms with Crippen molar-refractivity contribution in [2.75, 3.05) is 25.5 Å². The van der Waals surface area contributed by atoms with Gasteiger partial charge in [-0.2, -0.15) is 0 Å². The zero-order valence-electron chi connectivity index (χ0n) is 27.0. The number of nitrogens with one attached hydrogen (secondary N) is 2. The first-order valence-corrected chi connectivity index (χ1v) is 17.2. The predicted molar refractivity (Wildman–Crippen MR) is 180 cm³/mol. The molecule has 1 aliphatic rings. The molecule has 4 aromatic rings. The molecule has 11 nitrogen and oxygen atoms in total. The molecular weight excluding hydrogens is 620 g/mol. The summed E-state index contributed by atoms with van der Waals surface area (Å²) in [5, 5.41) is 3.58. The highest BCUT2D eigenvalue weighted by Gasteiger charge is 2.24. The third kappa shape index (κ3) is 7.43. The first-order chi connectivity index (χ1) is 22.5. The summed E-state index contributed by atoms with van der Waals surface area (Å²) in [6, 6.07) is 16.3. The zero-order chi connectivity index (χ0) is 33.7. The molecule has 0 atom stereocenters. The molecule has 1 fully saturated rings. The van der Waals surface area contributed by atoms with Crippen LogP contribution in [-0.2, 0) is 21.2 Å². The van der Waals surface area contributed by atoms with Crippen LogP contribution in [0.2, 0.25) is 0 Å². The van der Waals surface area contributed by atoms with Gasteiger partial charge in [0.1, 0.15) is 11.9 Å². The molecular formula is C35H40N4O7S. The van der Waals surface area contributed by atoms with Crippen LogP contribution in [0.1, 0.15) is 66.6 Å². The highest BCUT2D eigenvalue weighted by molar-refractivity contribution is 7.90. The normalized spacial score (nSPS) is 13.4. The summed E-state index contributed by atoms with van der Waals surface area (Å²) in [5.74, 6) is -0.420. The van der Waals surface area contributed by atoms with E-state index in [1.165, 1.54) is 25.3 Å². The van der Waals surface area contributed by atoms with E-state index < -0.39 is 22.0 Å². The molecule has 0 unspecified atom stereocenters. The summed E-state index contributed by atoms with van der Waals surface area (Å²) >= 11 is 0. The lowest BCUT2D eigenvalue weighted by Crippen LogP contribution is -2.33. The van der Waals surface area contributed by atoms with Crippen molar-refractivity contribution in [2.45, 2.75) is 63.9 Å². The van der Waals surface area contributed by atoms with Gasteiger partial charge in [-0.1, -0.05) is 24.3 Å². The lowest BCUT2D eigenvalue weighted by atomic mass is 10.0. The number of hydrogen-bond donors (Lipinski definition) is 2. The van der Waals surface area contributed by atoms with Crippen LogP contribution >= 0.6 is 0 Å². The van der Waals surface area contributed by atoms with Crippen molar-refractivity contribution in [3.05, 3.63) is 89.1 Å². The van der Waals surface area contributed by atoms with Gasteiger partial charge in [-0.15, -0.1) is 0 Å². The molecule has 0 aliphatic heterocycles. The molecule has 0 spiro atoms. The Kier molecular flexibility index (Phi) is 10.2. The molecule has 3 amide bonds. The highest BCUT2D eigenvalue weighted by atomic mass is 32.2. The topological polar surface area (TPSA) is 136 Å². The predicted octanol–water partition coefficient (Wildman–Crippen LogP) is 6.47. The molecule has 1 aromatic heterocycles. The maximum atomic E-state index is 13.5. The average Bonchev–Trinajstić information content (AvgIpc) is 3.69. The Labute approximate surface area is 274 Å². The number of amides is 3. The number of benzene rings is 3. The third-order valence-corrected chi connectivity index (χ3v) is 9.98. The summed E-state index contributed by atoms with van der Waals surface area (Å²) in [6.07, 6.45) is 5.30. The average molecular weight is 661 g/mol. The molecule has 0 radical (unpaired) electrons. The number of carbonyl (C=O) groups is 3. The fraction of sp³-hybridized carbons (Fsp3) is 0.343. The Bertz CT molecular complexity index is 1910. The highest BCUT2D eigenvalue weighted by Crippen LogP contribution is 2.31. The van der Waals surface area contributed by atoms with Crippen molar-refractivity contribution >= 4 is 44.6 Å². The quantitative estimate of drug-likeness (QED) is 0.199. The maximum Gasteiger partial charge on any atom is 0.411 e. The lowest BCUT2D eigenvalue weighted by molar-refractivity contribution is 0.0980. The van der Waals surface area contributed by atoms with Gasteiger partial charge in [-0.3, -0.25) is 14.7 Å². The molecule has 0 saturated heterocycles. The van der Waals surface area contributed by atoms with Gasteiger partial charge in [0, 0.05) is 42.3 Å². The van der Waals surface area contributed by atoms with Gasteiger partial charge in [0.2, 0.25) is 0 Å². The van der Waals surface area contributed by atoms with Gasteiger partial charge in [0.15, 0.2) is 0 Å². The number of rotatable bonds is 10. The molecule has 47 heavy (non-hydrogen) atoms. The van der Waals surface area contributed by atoms with E-state index in [1.807, 2.05) is 19.9 Å². The van der Waals surface area contributed by atoms with Crippen LogP contribution < -0.4 is 14.8 Å². The minimum Gasteiger partial charge on any atom is -0.496 e. The van der Waals surface area contributed by atoms with E-state index in [-0.39, 0.29) is 22.6 Å². The number of hydrogen-bond acceptors (Lipinski definition) is 7. The monoisotopic (exact) mass is 660 g/mol. The van der Waals surface area contributed by atoms with E-state index in [9.17, 15) is 22.8 Å². The third-order valence-electron chi connectivity index (χ3n) is 8.49. The van der Waals surface area contributed by atoms with Gasteiger partial charge in [0.25, 0.3) is 15.9 Å². The first kappa shape index (κ1) is 33.5. The van der Waals surface area contributed by atoms with Crippen LogP contribution in [0, 0.1) is 6.92 Å². The van der Waals surface area contributed by atoms with Crippen LogP contribution in [0.25, 0.3) is 10.9 Å². The second-order valence-electron chi connectivity index (χ2n) is 11.6. The number of fused-ring (bicyclic) bond motifs is 1. The fourth-order valence-electron chi connectivity index (χ4n) is 5.96. The van der Waals surface area contributed by atoms with Crippen LogP contribution in [0.5, 0.6) is 5.75 Å². The van der Waals surface area contributed by atoms with Crippen molar-refractivity contribution in [1.29, 1.82) is 0 Å². The van der Waals surface area contributed by atoms with Crippen molar-refractivity contribution in [3.63, 3.8) is 0 Å². The second-order valence-corrected chi connectivity index (χ2v) is 13.2. The Morgan fingerprint density at radius 3 is 2.36 bits per heavy atom. The largest absolute Gasteiger partial charge is 0.496 e. The summed E-state index contributed by atoms with van der Waals surface area (Å²) in [7, 11) is -2.63. The summed E-state index contributed by atoms with van der Waals surface area (Å²) in [5.41, 5.74) is 3.31. The smallest absolute Gasteiger partial charge is 0.411 e. The number of sulfonamides is 1. The Balaban J connectivity index is 1.45. The number of anilines is 1. The number of ether oxygens (including phenoxy) is 2. The van der Waals surface area contributed by atoms with Crippen molar-refractivity contribution < 1.29 is 32.3 Å². The molecule has 248 valence electrons. The van der Waals surface area contributed by atoms with Gasteiger partial charge in [-0.05, 0) is 99.5 Å². The number of aromatic nitrogens is 1. The van der Waals surface area contributed by atoms with Crippen LogP contribution in [0.3, 0.4) is 0 Å². The minimum absolute atomic E-state index is 0.0215. The van der Waals surface area contributed by atoms with E-state index in [0.29, 0.717) is 47.6 Å². The molecule has 1 heterocycles. The molecule has 5 rings (SSSR count). The molecule has 3 aromatic carbocycles. The van der Waals surface area contributed by atoms with E-state index in [4.69, 9.17) is 9.47 Å². The number of carbonyl (C=O) groups excluding carboxylic acids is 3. The number of nitrogens with zero attached hydrogens (tertiary/aromatic N) is 2. The van der Waals surface area contributed by atoms with Crippen LogP contribution in [-0.4, -0.2) is 62.2 Å². The SMILES string of the molecule is CCN(CC)C(=O)n1cc(Cc2ccc(C(=O)NS(=O)(=O)c3ccccc3C)cc2OC)c2cc(NC(=O)OC3CCCC3)ccc21. The molecule has 0 bridgehead atoms. The Morgan fingerprint density at radius 2 is 1.68 bits per heavy atom. The van der Waals surface area contributed by atoms with Crippen molar-refractivity contribution in [3.8, 4) is 5.75 Å². The van der Waals surface area contributed by atoms with Crippen molar-refractivity contribution in [1.82, 2.24) is 14.2 Å². The summed E-state index contributed by atoms with van der Waals surface area (Å²) < 4.78 is 40.8. The van der Waals surface area contributed by atoms with Crippen molar-refractivity contribution in [2.24, 2.45) is 0 Å². The molecule has 12 heteroatoms. The Morgan fingerprint density at radius 1 is 0.957 bits per heavy atom. The summed E-state index contributed by atoms with van der Waals surface area (Å²) in [6.45, 7) is 6.56. The maximum absolute atomic E-state index is 13.5. The van der Waals surface area contributed by atoms with Crippen LogP contribution in [0.15, 0.2) is 71.8 Å².